The maximum absolute atomic E-state index is 5.69. The minimum atomic E-state index is 0.483. The van der Waals surface area contributed by atoms with E-state index in [0.29, 0.717) is 12.0 Å². The molecule has 0 atom stereocenters. The van der Waals surface area contributed by atoms with Gasteiger partial charge in [0.15, 0.2) is 0 Å². The van der Waals surface area contributed by atoms with E-state index in [1.807, 2.05) is 18.2 Å². The fraction of sp³-hybridized carbons (Fsp3) is 0.111. The monoisotopic (exact) mass is 157 g/mol. The van der Waals surface area contributed by atoms with Gasteiger partial charge in [-0.2, -0.15) is 0 Å². The third kappa shape index (κ3) is 0.941. The summed E-state index contributed by atoms with van der Waals surface area (Å²) < 4.78 is 5.27. The van der Waals surface area contributed by atoms with E-state index in [4.69, 9.17) is 18.0 Å². The third-order valence-corrected chi connectivity index (χ3v) is 1.93. The summed E-state index contributed by atoms with van der Waals surface area (Å²) in [4.78, 5) is 0. The van der Waals surface area contributed by atoms with E-state index in [-0.39, 0.29) is 0 Å². The largest absolute Gasteiger partial charge is 0.465 e. The van der Waals surface area contributed by atoms with E-state index in [1.165, 1.54) is 0 Å². The van der Waals surface area contributed by atoms with Crippen molar-refractivity contribution in [1.82, 2.24) is 0 Å². The van der Waals surface area contributed by atoms with E-state index >= 15 is 0 Å². The standard InChI is InChI=1S/C9H8BNO/c10-8-3-1-2-7-6(4-11)5-12-9(7)8/h1-3,5H,4,11H2. The molecule has 1 aromatic carbocycles. The van der Waals surface area contributed by atoms with Crippen molar-refractivity contribution in [1.29, 1.82) is 0 Å². The zero-order chi connectivity index (χ0) is 8.55. The molecule has 0 saturated carbocycles. The van der Waals surface area contributed by atoms with Crippen molar-refractivity contribution < 1.29 is 4.42 Å². The van der Waals surface area contributed by atoms with Crippen molar-refractivity contribution >= 4 is 24.3 Å². The second-order valence-electron chi connectivity index (χ2n) is 2.69. The van der Waals surface area contributed by atoms with Crippen LogP contribution in [0, 0.1) is 0 Å². The van der Waals surface area contributed by atoms with Crippen LogP contribution in [-0.4, -0.2) is 7.85 Å². The van der Waals surface area contributed by atoms with Crippen molar-refractivity contribution in [3.63, 3.8) is 0 Å². The Kier molecular flexibility index (Phi) is 1.66. The number of nitrogens with two attached hydrogens (primary N) is 1. The maximum atomic E-state index is 5.69. The Balaban J connectivity index is 2.80. The summed E-state index contributed by atoms with van der Waals surface area (Å²) in [5.74, 6) is 0. The summed E-state index contributed by atoms with van der Waals surface area (Å²) in [6.45, 7) is 0.483. The number of benzene rings is 1. The Morgan fingerprint density at radius 1 is 1.42 bits per heavy atom. The maximum Gasteiger partial charge on any atom is 0.127 e. The Hall–Kier alpha value is -1.22. The number of rotatable bonds is 1. The summed E-state index contributed by atoms with van der Waals surface area (Å²) in [6.07, 6.45) is 1.65. The van der Waals surface area contributed by atoms with Gasteiger partial charge in [-0.1, -0.05) is 23.7 Å². The van der Waals surface area contributed by atoms with E-state index in [9.17, 15) is 0 Å². The van der Waals surface area contributed by atoms with Gasteiger partial charge in [0.05, 0.1) is 6.26 Å². The topological polar surface area (TPSA) is 39.2 Å². The average molecular weight is 157 g/mol. The molecule has 0 fully saturated rings. The van der Waals surface area contributed by atoms with E-state index in [2.05, 4.69) is 0 Å². The molecule has 0 bridgehead atoms. The first-order chi connectivity index (χ1) is 5.83. The van der Waals surface area contributed by atoms with Crippen LogP contribution in [-0.2, 0) is 6.54 Å². The van der Waals surface area contributed by atoms with Gasteiger partial charge in [-0.05, 0) is 0 Å². The Labute approximate surface area is 71.8 Å². The molecule has 2 rings (SSSR count). The van der Waals surface area contributed by atoms with E-state index in [1.54, 1.807) is 6.26 Å². The van der Waals surface area contributed by atoms with Crippen molar-refractivity contribution in [3.8, 4) is 0 Å². The Bertz CT molecular complexity index is 408. The summed E-state index contributed by atoms with van der Waals surface area (Å²) in [5.41, 5.74) is 7.90. The molecule has 2 radical (unpaired) electrons. The van der Waals surface area contributed by atoms with Crippen molar-refractivity contribution in [3.05, 3.63) is 30.0 Å². The van der Waals surface area contributed by atoms with Crippen LogP contribution in [0.4, 0.5) is 0 Å². The second-order valence-corrected chi connectivity index (χ2v) is 2.69. The molecule has 2 aromatic rings. The minimum absolute atomic E-state index is 0.483. The van der Waals surface area contributed by atoms with E-state index < -0.39 is 0 Å². The number of para-hydroxylation sites is 1. The summed E-state index contributed by atoms with van der Waals surface area (Å²) in [6, 6.07) is 5.66. The van der Waals surface area contributed by atoms with Crippen LogP contribution in [0.1, 0.15) is 5.56 Å². The van der Waals surface area contributed by atoms with Crippen LogP contribution in [0.5, 0.6) is 0 Å². The molecule has 3 heteroatoms. The predicted octanol–water partition coefficient (Wildman–Crippen LogP) is 0.685. The molecule has 0 saturated heterocycles. The van der Waals surface area contributed by atoms with Gasteiger partial charge >= 0.3 is 0 Å². The van der Waals surface area contributed by atoms with Crippen LogP contribution in [0.15, 0.2) is 28.9 Å². The molecular weight excluding hydrogens is 149 g/mol. The molecular formula is C9H8BNO. The van der Waals surface area contributed by atoms with Crippen molar-refractivity contribution in [2.75, 3.05) is 0 Å². The highest BCUT2D eigenvalue weighted by atomic mass is 16.3. The quantitative estimate of drug-likeness (QED) is 0.618. The lowest BCUT2D eigenvalue weighted by molar-refractivity contribution is 0.613. The van der Waals surface area contributed by atoms with Gasteiger partial charge in [-0.15, -0.1) is 0 Å². The Morgan fingerprint density at radius 3 is 3.00 bits per heavy atom. The number of furan rings is 1. The average Bonchev–Trinajstić information content (AvgIpc) is 2.49. The highest BCUT2D eigenvalue weighted by molar-refractivity contribution is 6.37. The number of hydrogen-bond donors (Lipinski definition) is 1. The van der Waals surface area contributed by atoms with Gasteiger partial charge in [0.2, 0.25) is 0 Å². The van der Waals surface area contributed by atoms with Crippen LogP contribution in [0.3, 0.4) is 0 Å². The predicted molar refractivity (Wildman–Crippen MR) is 49.5 cm³/mol. The zero-order valence-corrected chi connectivity index (χ0v) is 6.58. The lowest BCUT2D eigenvalue weighted by Gasteiger charge is -1.94. The van der Waals surface area contributed by atoms with Gasteiger partial charge in [0, 0.05) is 17.5 Å². The lowest BCUT2D eigenvalue weighted by Crippen LogP contribution is -2.01. The van der Waals surface area contributed by atoms with Gasteiger partial charge in [-0.3, -0.25) is 0 Å². The molecule has 0 spiro atoms. The number of hydrogen-bond acceptors (Lipinski definition) is 2. The molecule has 58 valence electrons. The first-order valence-corrected chi connectivity index (χ1v) is 3.77. The van der Waals surface area contributed by atoms with Crippen molar-refractivity contribution in [2.45, 2.75) is 6.54 Å². The SMILES string of the molecule is [B]c1cccc2c(CN)coc12. The second kappa shape index (κ2) is 2.68. The van der Waals surface area contributed by atoms with Gasteiger partial charge < -0.3 is 10.2 Å². The van der Waals surface area contributed by atoms with Crippen LogP contribution < -0.4 is 11.2 Å². The molecule has 0 aliphatic heterocycles. The first-order valence-electron chi connectivity index (χ1n) is 3.77. The van der Waals surface area contributed by atoms with E-state index in [0.717, 1.165) is 16.5 Å². The molecule has 1 aromatic heterocycles. The van der Waals surface area contributed by atoms with Crippen LogP contribution >= 0.6 is 0 Å². The molecule has 0 aliphatic rings. The highest BCUT2D eigenvalue weighted by Crippen LogP contribution is 2.17. The number of fused-ring (bicyclic) bond motifs is 1. The summed E-state index contributed by atoms with van der Waals surface area (Å²) in [7, 11) is 5.69. The molecule has 0 unspecified atom stereocenters. The smallest absolute Gasteiger partial charge is 0.127 e. The first kappa shape index (κ1) is 7.43. The van der Waals surface area contributed by atoms with Crippen LogP contribution in [0.2, 0.25) is 0 Å². The fourth-order valence-corrected chi connectivity index (χ4v) is 1.29. The zero-order valence-electron chi connectivity index (χ0n) is 6.58. The minimum Gasteiger partial charge on any atom is -0.465 e. The molecule has 0 aliphatic carbocycles. The summed E-state index contributed by atoms with van der Waals surface area (Å²) >= 11 is 0. The van der Waals surface area contributed by atoms with Gasteiger partial charge in [0.25, 0.3) is 0 Å². The highest BCUT2D eigenvalue weighted by Gasteiger charge is 2.04. The molecule has 0 amide bonds. The van der Waals surface area contributed by atoms with Gasteiger partial charge in [0.1, 0.15) is 13.4 Å². The third-order valence-electron chi connectivity index (χ3n) is 1.93. The Morgan fingerprint density at radius 2 is 2.25 bits per heavy atom. The lowest BCUT2D eigenvalue weighted by atomic mass is 9.94. The summed E-state index contributed by atoms with van der Waals surface area (Å²) in [5, 5.41) is 1.01. The molecule has 2 N–H and O–H groups in total. The molecule has 12 heavy (non-hydrogen) atoms. The van der Waals surface area contributed by atoms with Gasteiger partial charge in [-0.25, -0.2) is 0 Å². The molecule has 1 heterocycles. The normalized spacial score (nSPS) is 10.8. The van der Waals surface area contributed by atoms with Crippen LogP contribution in [0.25, 0.3) is 11.0 Å². The molecule has 2 nitrogen and oxygen atoms in total. The van der Waals surface area contributed by atoms with Crippen molar-refractivity contribution in [2.24, 2.45) is 5.73 Å². The fourth-order valence-electron chi connectivity index (χ4n) is 1.29.